The third kappa shape index (κ3) is 5.79. The highest BCUT2D eigenvalue weighted by atomic mass is 19.3. The molecule has 0 aromatic heterocycles. The van der Waals surface area contributed by atoms with Gasteiger partial charge in [-0.3, -0.25) is 9.59 Å². The minimum atomic E-state index is -2.91. The number of hydrogen-bond acceptors (Lipinski definition) is 3. The quantitative estimate of drug-likeness (QED) is 0.764. The molecule has 1 fully saturated rings. The van der Waals surface area contributed by atoms with Crippen molar-refractivity contribution in [2.24, 2.45) is 5.92 Å². The normalized spacial score (nSPS) is 14.6. The molecule has 2 N–H and O–H groups in total. The standard InChI is InChI=1S/C17H22F2N2O3/c18-17(19)24-14-8-4-3-7-13(14)11-21-15(22)9-10-20-16(23)12-5-1-2-6-12/h3-4,7-8,12,17H,1-2,5-6,9-11H2,(H,20,23)(H,21,22). The van der Waals surface area contributed by atoms with Crippen molar-refractivity contribution in [3.8, 4) is 5.75 Å². The number of nitrogens with one attached hydrogen (secondary N) is 2. The van der Waals surface area contributed by atoms with Gasteiger partial charge < -0.3 is 15.4 Å². The van der Waals surface area contributed by atoms with Gasteiger partial charge in [0.05, 0.1) is 0 Å². The summed E-state index contributed by atoms with van der Waals surface area (Å²) in [5.74, 6) is -0.127. The molecule has 0 spiro atoms. The molecule has 0 aliphatic heterocycles. The molecule has 24 heavy (non-hydrogen) atoms. The Kier molecular flexibility index (Phi) is 6.96. The van der Waals surface area contributed by atoms with Gasteiger partial charge in [0.15, 0.2) is 0 Å². The van der Waals surface area contributed by atoms with Crippen molar-refractivity contribution >= 4 is 11.8 Å². The van der Waals surface area contributed by atoms with E-state index in [0.29, 0.717) is 5.56 Å². The molecule has 2 rings (SSSR count). The summed E-state index contributed by atoms with van der Waals surface area (Å²) in [7, 11) is 0. The summed E-state index contributed by atoms with van der Waals surface area (Å²) in [5, 5.41) is 5.41. The number of amides is 2. The molecule has 132 valence electrons. The van der Waals surface area contributed by atoms with Gasteiger partial charge in [-0.15, -0.1) is 0 Å². The average Bonchev–Trinajstić information content (AvgIpc) is 3.08. The first-order valence-electron chi connectivity index (χ1n) is 8.13. The topological polar surface area (TPSA) is 67.4 Å². The fraction of sp³-hybridized carbons (Fsp3) is 0.529. The minimum Gasteiger partial charge on any atom is -0.434 e. The van der Waals surface area contributed by atoms with E-state index in [2.05, 4.69) is 15.4 Å². The Morgan fingerprint density at radius 3 is 2.58 bits per heavy atom. The second-order valence-electron chi connectivity index (χ2n) is 5.79. The van der Waals surface area contributed by atoms with Crippen LogP contribution in [0.3, 0.4) is 0 Å². The van der Waals surface area contributed by atoms with E-state index in [-0.39, 0.29) is 43.0 Å². The number of ether oxygens (including phenoxy) is 1. The van der Waals surface area contributed by atoms with Crippen LogP contribution in [0.2, 0.25) is 0 Å². The molecular formula is C17H22F2N2O3. The van der Waals surface area contributed by atoms with E-state index in [1.54, 1.807) is 18.2 Å². The lowest BCUT2D eigenvalue weighted by molar-refractivity contribution is -0.125. The van der Waals surface area contributed by atoms with E-state index >= 15 is 0 Å². The van der Waals surface area contributed by atoms with Crippen molar-refractivity contribution in [1.82, 2.24) is 10.6 Å². The first-order chi connectivity index (χ1) is 11.6. The van der Waals surface area contributed by atoms with Crippen molar-refractivity contribution in [2.75, 3.05) is 6.54 Å². The number of carbonyl (C=O) groups excluding carboxylic acids is 2. The molecule has 1 aliphatic rings. The maximum atomic E-state index is 12.3. The van der Waals surface area contributed by atoms with Gasteiger partial charge in [0, 0.05) is 31.0 Å². The van der Waals surface area contributed by atoms with Crippen molar-refractivity contribution in [3.63, 3.8) is 0 Å². The van der Waals surface area contributed by atoms with Crippen molar-refractivity contribution in [1.29, 1.82) is 0 Å². The zero-order valence-electron chi connectivity index (χ0n) is 13.4. The molecule has 0 bridgehead atoms. The van der Waals surface area contributed by atoms with E-state index < -0.39 is 6.61 Å². The number of benzene rings is 1. The van der Waals surface area contributed by atoms with Crippen LogP contribution >= 0.6 is 0 Å². The zero-order valence-corrected chi connectivity index (χ0v) is 13.4. The second kappa shape index (κ2) is 9.20. The number of hydrogen-bond donors (Lipinski definition) is 2. The number of carbonyl (C=O) groups is 2. The lowest BCUT2D eigenvalue weighted by Crippen LogP contribution is -2.33. The third-order valence-corrected chi connectivity index (χ3v) is 4.04. The summed E-state index contributed by atoms with van der Waals surface area (Å²) in [6.45, 7) is -2.54. The van der Waals surface area contributed by atoms with E-state index in [4.69, 9.17) is 0 Å². The molecule has 5 nitrogen and oxygen atoms in total. The van der Waals surface area contributed by atoms with Crippen LogP contribution in [0, 0.1) is 5.92 Å². The highest BCUT2D eigenvalue weighted by Gasteiger charge is 2.22. The van der Waals surface area contributed by atoms with Gasteiger partial charge >= 0.3 is 6.61 Å². The average molecular weight is 340 g/mol. The number of halogens is 2. The maximum Gasteiger partial charge on any atom is 0.387 e. The van der Waals surface area contributed by atoms with Crippen LogP contribution in [-0.2, 0) is 16.1 Å². The van der Waals surface area contributed by atoms with Gasteiger partial charge in [-0.2, -0.15) is 8.78 Å². The first-order valence-corrected chi connectivity index (χ1v) is 8.13. The fourth-order valence-electron chi connectivity index (χ4n) is 2.77. The summed E-state index contributed by atoms with van der Waals surface area (Å²) in [4.78, 5) is 23.6. The Balaban J connectivity index is 1.70. The summed E-state index contributed by atoms with van der Waals surface area (Å²) in [6.07, 6.45) is 4.14. The molecule has 1 aliphatic carbocycles. The molecule has 0 unspecified atom stereocenters. The van der Waals surface area contributed by atoms with Crippen LogP contribution < -0.4 is 15.4 Å². The Morgan fingerprint density at radius 1 is 1.17 bits per heavy atom. The van der Waals surface area contributed by atoms with Gasteiger partial charge in [-0.25, -0.2) is 0 Å². The fourth-order valence-corrected chi connectivity index (χ4v) is 2.77. The van der Waals surface area contributed by atoms with Gasteiger partial charge in [-0.05, 0) is 18.9 Å². The third-order valence-electron chi connectivity index (χ3n) is 4.04. The predicted octanol–water partition coefficient (Wildman–Crippen LogP) is 2.60. The highest BCUT2D eigenvalue weighted by Crippen LogP contribution is 2.24. The Hall–Kier alpha value is -2.18. The van der Waals surface area contributed by atoms with E-state index in [9.17, 15) is 18.4 Å². The zero-order chi connectivity index (χ0) is 17.4. The Labute approximate surface area is 139 Å². The molecule has 0 heterocycles. The minimum absolute atomic E-state index is 0.0102. The van der Waals surface area contributed by atoms with Crippen molar-refractivity contribution < 1.29 is 23.1 Å². The van der Waals surface area contributed by atoms with Gasteiger partial charge in [0.2, 0.25) is 11.8 Å². The van der Waals surface area contributed by atoms with E-state index in [0.717, 1.165) is 25.7 Å². The smallest absolute Gasteiger partial charge is 0.387 e. The summed E-state index contributed by atoms with van der Waals surface area (Å²) in [6, 6.07) is 6.30. The summed E-state index contributed by atoms with van der Waals surface area (Å²) in [5.41, 5.74) is 0.473. The van der Waals surface area contributed by atoms with Crippen LogP contribution in [0.1, 0.15) is 37.7 Å². The predicted molar refractivity (Wildman–Crippen MR) is 84.5 cm³/mol. The Morgan fingerprint density at radius 2 is 1.88 bits per heavy atom. The van der Waals surface area contributed by atoms with E-state index in [1.807, 2.05) is 0 Å². The highest BCUT2D eigenvalue weighted by molar-refractivity contribution is 5.80. The van der Waals surface area contributed by atoms with Gasteiger partial charge in [0.1, 0.15) is 5.75 Å². The van der Waals surface area contributed by atoms with Crippen LogP contribution in [0.4, 0.5) is 8.78 Å². The Bertz CT molecular complexity index is 561. The summed E-state index contributed by atoms with van der Waals surface area (Å²) < 4.78 is 29.0. The molecule has 2 amide bonds. The molecule has 0 atom stereocenters. The largest absolute Gasteiger partial charge is 0.434 e. The van der Waals surface area contributed by atoms with Crippen LogP contribution in [0.15, 0.2) is 24.3 Å². The lowest BCUT2D eigenvalue weighted by atomic mass is 10.1. The molecule has 1 aromatic carbocycles. The van der Waals surface area contributed by atoms with Crippen molar-refractivity contribution in [2.45, 2.75) is 45.3 Å². The van der Waals surface area contributed by atoms with Gasteiger partial charge in [0.25, 0.3) is 0 Å². The number of rotatable bonds is 8. The lowest BCUT2D eigenvalue weighted by Gasteiger charge is -2.12. The van der Waals surface area contributed by atoms with Crippen LogP contribution in [0.5, 0.6) is 5.75 Å². The molecule has 0 saturated heterocycles. The molecule has 7 heteroatoms. The van der Waals surface area contributed by atoms with E-state index in [1.165, 1.54) is 6.07 Å². The maximum absolute atomic E-state index is 12.3. The number of para-hydroxylation sites is 1. The van der Waals surface area contributed by atoms with Crippen LogP contribution in [0.25, 0.3) is 0 Å². The molecule has 0 radical (unpaired) electrons. The SMILES string of the molecule is O=C(CCNC(=O)C1CCCC1)NCc1ccccc1OC(F)F. The monoisotopic (exact) mass is 340 g/mol. The van der Waals surface area contributed by atoms with Crippen molar-refractivity contribution in [3.05, 3.63) is 29.8 Å². The second-order valence-corrected chi connectivity index (χ2v) is 5.79. The summed E-state index contributed by atoms with van der Waals surface area (Å²) >= 11 is 0. The van der Waals surface area contributed by atoms with Crippen LogP contribution in [-0.4, -0.2) is 25.0 Å². The molecule has 1 aromatic rings. The first kappa shape index (κ1) is 18.2. The molecular weight excluding hydrogens is 318 g/mol. The van der Waals surface area contributed by atoms with Gasteiger partial charge in [-0.1, -0.05) is 31.0 Å². The number of alkyl halides is 2. The molecule has 1 saturated carbocycles.